The largest absolute Gasteiger partial charge is 0.462 e. The van der Waals surface area contributed by atoms with Crippen LogP contribution in [0.15, 0.2) is 0 Å². The fourth-order valence-corrected chi connectivity index (χ4v) is 0.981. The Bertz CT molecular complexity index is 189. The predicted octanol–water partition coefficient (Wildman–Crippen LogP) is 2.06. The van der Waals surface area contributed by atoms with Crippen LogP contribution in [-0.4, -0.2) is 25.2 Å². The highest BCUT2D eigenvalue weighted by molar-refractivity contribution is 5.70. The van der Waals surface area contributed by atoms with Crippen LogP contribution >= 0.6 is 0 Å². The van der Waals surface area contributed by atoms with E-state index in [4.69, 9.17) is 9.47 Å². The normalized spacial score (nSPS) is 9.73. The van der Waals surface area contributed by atoms with E-state index in [2.05, 4.69) is 0 Å². The summed E-state index contributed by atoms with van der Waals surface area (Å²) >= 11 is 0. The maximum absolute atomic E-state index is 11.0. The van der Waals surface area contributed by atoms with Gasteiger partial charge in [0.05, 0.1) is 0 Å². The van der Waals surface area contributed by atoms with Gasteiger partial charge in [-0.15, -0.1) is 0 Å². The molecule has 15 heavy (non-hydrogen) atoms. The monoisotopic (exact) mass is 216 g/mol. The van der Waals surface area contributed by atoms with Gasteiger partial charge < -0.3 is 9.47 Å². The molecule has 0 saturated heterocycles. The van der Waals surface area contributed by atoms with E-state index in [0.29, 0.717) is 12.8 Å². The van der Waals surface area contributed by atoms with Crippen molar-refractivity contribution in [1.82, 2.24) is 0 Å². The first-order chi connectivity index (χ1) is 7.20. The number of carbonyl (C=O) groups excluding carboxylic acids is 2. The second-order valence-electron chi connectivity index (χ2n) is 3.29. The Balaban J connectivity index is 3.30. The number of esters is 2. The fourth-order valence-electron chi connectivity index (χ4n) is 0.981. The highest BCUT2D eigenvalue weighted by Gasteiger charge is 2.03. The van der Waals surface area contributed by atoms with Gasteiger partial charge in [0.25, 0.3) is 0 Å². The van der Waals surface area contributed by atoms with Gasteiger partial charge in [0.15, 0.2) is 0 Å². The van der Waals surface area contributed by atoms with Crippen LogP contribution in [0.2, 0.25) is 0 Å². The lowest BCUT2D eigenvalue weighted by molar-refractivity contribution is -0.152. The molecule has 0 atom stereocenters. The Hall–Kier alpha value is -1.06. The molecule has 0 aliphatic rings. The number of unbranched alkanes of at least 4 members (excludes halogenated alkanes) is 1. The summed E-state index contributed by atoms with van der Waals surface area (Å²) in [5, 5.41) is 0. The lowest BCUT2D eigenvalue weighted by Crippen LogP contribution is -2.13. The summed E-state index contributed by atoms with van der Waals surface area (Å²) in [7, 11) is 0. The van der Waals surface area contributed by atoms with Crippen molar-refractivity contribution in [3.8, 4) is 0 Å². The van der Waals surface area contributed by atoms with E-state index >= 15 is 0 Å². The zero-order chi connectivity index (χ0) is 11.5. The van der Waals surface area contributed by atoms with E-state index < -0.39 is 0 Å². The standard InChI is InChI=1S/C11H20O4/c1-3-5-7-11(13)15-9-8-14-10(12)6-4-2/h3-9H2,1-2H3. The average Bonchev–Trinajstić information content (AvgIpc) is 2.22. The molecule has 0 bridgehead atoms. The minimum Gasteiger partial charge on any atom is -0.462 e. The van der Waals surface area contributed by atoms with Crippen molar-refractivity contribution in [1.29, 1.82) is 0 Å². The molecule has 0 fully saturated rings. The van der Waals surface area contributed by atoms with Gasteiger partial charge in [0.2, 0.25) is 0 Å². The van der Waals surface area contributed by atoms with Crippen molar-refractivity contribution < 1.29 is 19.1 Å². The summed E-state index contributed by atoms with van der Waals surface area (Å²) in [5.41, 5.74) is 0. The smallest absolute Gasteiger partial charge is 0.305 e. The van der Waals surface area contributed by atoms with Crippen molar-refractivity contribution >= 4 is 11.9 Å². The maximum atomic E-state index is 11.0. The first-order valence-corrected chi connectivity index (χ1v) is 5.52. The van der Waals surface area contributed by atoms with Gasteiger partial charge >= 0.3 is 11.9 Å². The molecule has 0 amide bonds. The summed E-state index contributed by atoms with van der Waals surface area (Å²) in [5.74, 6) is -0.453. The third kappa shape index (κ3) is 9.25. The number of carbonyl (C=O) groups is 2. The van der Waals surface area contributed by atoms with E-state index in [1.54, 1.807) is 0 Å². The molecule has 0 aliphatic carbocycles. The Morgan fingerprint density at radius 2 is 1.40 bits per heavy atom. The third-order valence-corrected chi connectivity index (χ3v) is 1.80. The lowest BCUT2D eigenvalue weighted by Gasteiger charge is -2.05. The minimum absolute atomic E-state index is 0.163. The van der Waals surface area contributed by atoms with Gasteiger partial charge in [-0.05, 0) is 12.8 Å². The van der Waals surface area contributed by atoms with Gasteiger partial charge in [-0.2, -0.15) is 0 Å². The predicted molar refractivity (Wildman–Crippen MR) is 56.4 cm³/mol. The molecule has 0 aromatic carbocycles. The van der Waals surface area contributed by atoms with E-state index in [0.717, 1.165) is 19.3 Å². The first kappa shape index (κ1) is 13.9. The van der Waals surface area contributed by atoms with Gasteiger partial charge in [0.1, 0.15) is 13.2 Å². The van der Waals surface area contributed by atoms with Crippen LogP contribution in [0, 0.1) is 0 Å². The molecule has 0 aromatic heterocycles. The van der Waals surface area contributed by atoms with Gasteiger partial charge in [0, 0.05) is 12.8 Å². The van der Waals surface area contributed by atoms with Gasteiger partial charge in [-0.25, -0.2) is 0 Å². The lowest BCUT2D eigenvalue weighted by atomic mass is 10.2. The molecular weight excluding hydrogens is 196 g/mol. The molecule has 0 aliphatic heterocycles. The van der Waals surface area contributed by atoms with Crippen LogP contribution in [0.4, 0.5) is 0 Å². The summed E-state index contributed by atoms with van der Waals surface area (Å²) in [6, 6.07) is 0. The summed E-state index contributed by atoms with van der Waals surface area (Å²) < 4.78 is 9.68. The molecule has 0 radical (unpaired) electrons. The van der Waals surface area contributed by atoms with Crippen molar-refractivity contribution in [2.45, 2.75) is 46.0 Å². The van der Waals surface area contributed by atoms with Gasteiger partial charge in [-0.1, -0.05) is 20.3 Å². The summed E-state index contributed by atoms with van der Waals surface area (Å²) in [6.45, 7) is 4.25. The maximum Gasteiger partial charge on any atom is 0.305 e. The van der Waals surface area contributed by atoms with Crippen LogP contribution in [-0.2, 0) is 19.1 Å². The Morgan fingerprint density at radius 3 is 1.87 bits per heavy atom. The van der Waals surface area contributed by atoms with Gasteiger partial charge in [-0.3, -0.25) is 9.59 Å². The first-order valence-electron chi connectivity index (χ1n) is 5.52. The zero-order valence-electron chi connectivity index (χ0n) is 9.58. The minimum atomic E-state index is -0.234. The quantitative estimate of drug-likeness (QED) is 0.460. The molecule has 0 aromatic rings. The second kappa shape index (κ2) is 9.49. The van der Waals surface area contributed by atoms with Crippen LogP contribution < -0.4 is 0 Å². The number of ether oxygens (including phenoxy) is 2. The van der Waals surface area contributed by atoms with Crippen LogP contribution in [0.25, 0.3) is 0 Å². The van der Waals surface area contributed by atoms with E-state index in [1.165, 1.54) is 0 Å². The van der Waals surface area contributed by atoms with E-state index in [9.17, 15) is 9.59 Å². The van der Waals surface area contributed by atoms with Crippen molar-refractivity contribution in [2.24, 2.45) is 0 Å². The number of rotatable bonds is 8. The topological polar surface area (TPSA) is 52.6 Å². The highest BCUT2D eigenvalue weighted by Crippen LogP contribution is 1.96. The molecule has 0 spiro atoms. The number of hydrogen-bond acceptors (Lipinski definition) is 4. The molecule has 4 heteroatoms. The SMILES string of the molecule is CCCCC(=O)OCCOC(=O)CCC. The molecule has 0 unspecified atom stereocenters. The van der Waals surface area contributed by atoms with E-state index in [-0.39, 0.29) is 25.2 Å². The Kier molecular flexibility index (Phi) is 8.82. The Morgan fingerprint density at radius 1 is 0.867 bits per heavy atom. The second-order valence-corrected chi connectivity index (χ2v) is 3.29. The molecule has 4 nitrogen and oxygen atoms in total. The van der Waals surface area contributed by atoms with Crippen LogP contribution in [0.3, 0.4) is 0 Å². The Labute approximate surface area is 90.9 Å². The molecular formula is C11H20O4. The molecule has 0 heterocycles. The summed E-state index contributed by atoms with van der Waals surface area (Å²) in [6.07, 6.45) is 3.45. The molecule has 0 rings (SSSR count). The number of hydrogen-bond donors (Lipinski definition) is 0. The molecule has 88 valence electrons. The van der Waals surface area contributed by atoms with Crippen LogP contribution in [0.1, 0.15) is 46.0 Å². The van der Waals surface area contributed by atoms with Crippen molar-refractivity contribution in [2.75, 3.05) is 13.2 Å². The molecule has 0 N–H and O–H groups in total. The third-order valence-electron chi connectivity index (χ3n) is 1.80. The van der Waals surface area contributed by atoms with Crippen molar-refractivity contribution in [3.05, 3.63) is 0 Å². The fraction of sp³-hybridized carbons (Fsp3) is 0.818. The van der Waals surface area contributed by atoms with E-state index in [1.807, 2.05) is 13.8 Å². The average molecular weight is 216 g/mol. The zero-order valence-corrected chi connectivity index (χ0v) is 9.58. The van der Waals surface area contributed by atoms with Crippen molar-refractivity contribution in [3.63, 3.8) is 0 Å². The summed E-state index contributed by atoms with van der Waals surface area (Å²) in [4.78, 5) is 21.9. The molecule has 0 saturated carbocycles. The highest BCUT2D eigenvalue weighted by atomic mass is 16.6. The van der Waals surface area contributed by atoms with Crippen LogP contribution in [0.5, 0.6) is 0 Å².